The zero-order valence-corrected chi connectivity index (χ0v) is 14.0. The van der Waals surface area contributed by atoms with E-state index in [0.29, 0.717) is 0 Å². The first-order valence-electron chi connectivity index (χ1n) is 7.94. The summed E-state index contributed by atoms with van der Waals surface area (Å²) in [4.78, 5) is 0. The van der Waals surface area contributed by atoms with E-state index in [4.69, 9.17) is 4.42 Å². The minimum absolute atomic E-state index is 0.958. The van der Waals surface area contributed by atoms with Gasteiger partial charge in [-0.1, -0.05) is 17.7 Å². The molecule has 2 nitrogen and oxygen atoms in total. The van der Waals surface area contributed by atoms with E-state index in [2.05, 4.69) is 75.0 Å². The zero-order chi connectivity index (χ0) is 16.1. The minimum atomic E-state index is 0.958. The van der Waals surface area contributed by atoms with Crippen LogP contribution in [0, 0.1) is 20.8 Å². The highest BCUT2D eigenvalue weighted by Crippen LogP contribution is 2.39. The Morgan fingerprint density at radius 3 is 2.52 bits per heavy atom. The molecule has 2 heteroatoms. The molecular formula is C21H20NO+. The minimum Gasteiger partial charge on any atom is -0.455 e. The van der Waals surface area contributed by atoms with Crippen LogP contribution in [0.15, 0.2) is 53.1 Å². The second-order valence-electron chi connectivity index (χ2n) is 6.39. The van der Waals surface area contributed by atoms with Crippen molar-refractivity contribution in [3.8, 4) is 11.3 Å². The van der Waals surface area contributed by atoms with Crippen molar-refractivity contribution in [1.82, 2.24) is 0 Å². The molecule has 0 aliphatic heterocycles. The number of nitrogens with zero attached hydrogens (tertiary/aromatic N) is 1. The lowest BCUT2D eigenvalue weighted by Gasteiger charge is -2.07. The van der Waals surface area contributed by atoms with Crippen molar-refractivity contribution in [3.05, 3.63) is 65.4 Å². The van der Waals surface area contributed by atoms with Gasteiger partial charge >= 0.3 is 0 Å². The number of fused-ring (bicyclic) bond motifs is 3. The van der Waals surface area contributed by atoms with Crippen LogP contribution < -0.4 is 4.57 Å². The van der Waals surface area contributed by atoms with Gasteiger partial charge in [-0.25, -0.2) is 4.57 Å². The van der Waals surface area contributed by atoms with Gasteiger partial charge in [-0.05, 0) is 50.1 Å². The van der Waals surface area contributed by atoms with Gasteiger partial charge in [0.2, 0.25) is 5.69 Å². The van der Waals surface area contributed by atoms with Gasteiger partial charge < -0.3 is 4.42 Å². The highest BCUT2D eigenvalue weighted by atomic mass is 16.3. The maximum atomic E-state index is 6.30. The number of rotatable bonds is 1. The normalized spacial score (nSPS) is 11.5. The molecule has 2 aromatic heterocycles. The molecule has 0 aliphatic rings. The fourth-order valence-electron chi connectivity index (χ4n) is 3.53. The SMILES string of the molecule is Cc1ccc2oc3c(-c4cccc[n+]4C)c(C)cc(C)c3c2c1. The van der Waals surface area contributed by atoms with Crippen LogP contribution in [0.1, 0.15) is 16.7 Å². The van der Waals surface area contributed by atoms with Crippen molar-refractivity contribution in [2.24, 2.45) is 7.05 Å². The highest BCUT2D eigenvalue weighted by Gasteiger charge is 2.21. The van der Waals surface area contributed by atoms with E-state index in [-0.39, 0.29) is 0 Å². The molecule has 0 N–H and O–H groups in total. The molecule has 2 aromatic carbocycles. The Bertz CT molecular complexity index is 1060. The van der Waals surface area contributed by atoms with Crippen molar-refractivity contribution in [2.45, 2.75) is 20.8 Å². The summed E-state index contributed by atoms with van der Waals surface area (Å²) < 4.78 is 8.44. The second kappa shape index (κ2) is 4.95. The van der Waals surface area contributed by atoms with Crippen molar-refractivity contribution in [2.75, 3.05) is 0 Å². The molecule has 114 valence electrons. The van der Waals surface area contributed by atoms with Crippen molar-refractivity contribution >= 4 is 21.9 Å². The molecule has 0 saturated heterocycles. The Hall–Kier alpha value is -2.61. The van der Waals surface area contributed by atoms with E-state index < -0.39 is 0 Å². The second-order valence-corrected chi connectivity index (χ2v) is 6.39. The van der Waals surface area contributed by atoms with Crippen molar-refractivity contribution in [3.63, 3.8) is 0 Å². The Kier molecular flexibility index (Phi) is 3.02. The van der Waals surface area contributed by atoms with Crippen molar-refractivity contribution < 1.29 is 8.98 Å². The van der Waals surface area contributed by atoms with E-state index in [1.54, 1.807) is 0 Å². The smallest absolute Gasteiger partial charge is 0.216 e. The van der Waals surface area contributed by atoms with Gasteiger partial charge in [-0.15, -0.1) is 0 Å². The van der Waals surface area contributed by atoms with Gasteiger partial charge in [0.25, 0.3) is 0 Å². The molecule has 0 saturated carbocycles. The molecule has 0 unspecified atom stereocenters. The Morgan fingerprint density at radius 2 is 1.74 bits per heavy atom. The van der Waals surface area contributed by atoms with Gasteiger partial charge in [0, 0.05) is 22.9 Å². The number of furan rings is 1. The summed E-state index contributed by atoms with van der Waals surface area (Å²) >= 11 is 0. The predicted octanol–water partition coefficient (Wildman–Crippen LogP) is 5.00. The lowest BCUT2D eigenvalue weighted by atomic mass is 9.96. The fraction of sp³-hybridized carbons (Fsp3) is 0.190. The maximum absolute atomic E-state index is 6.30. The number of hydrogen-bond donors (Lipinski definition) is 0. The molecule has 0 fully saturated rings. The average Bonchev–Trinajstić information content (AvgIpc) is 2.87. The van der Waals surface area contributed by atoms with Crippen LogP contribution in [0.2, 0.25) is 0 Å². The molecule has 0 spiro atoms. The van der Waals surface area contributed by atoms with E-state index in [1.807, 2.05) is 6.07 Å². The molecule has 0 aliphatic carbocycles. The third-order valence-corrected chi connectivity index (χ3v) is 4.60. The number of aryl methyl sites for hydroxylation is 4. The third kappa shape index (κ3) is 2.06. The Balaban J connectivity index is 2.21. The summed E-state index contributed by atoms with van der Waals surface area (Å²) in [5.41, 5.74) is 8.07. The molecule has 2 heterocycles. The molecule has 0 radical (unpaired) electrons. The topological polar surface area (TPSA) is 17.0 Å². The van der Waals surface area contributed by atoms with Crippen LogP contribution in [0.5, 0.6) is 0 Å². The molecule has 0 amide bonds. The Morgan fingerprint density at radius 1 is 0.913 bits per heavy atom. The predicted molar refractivity (Wildman–Crippen MR) is 94.5 cm³/mol. The molecule has 0 atom stereocenters. The molecular weight excluding hydrogens is 282 g/mol. The average molecular weight is 302 g/mol. The lowest BCUT2D eigenvalue weighted by molar-refractivity contribution is -0.660. The van der Waals surface area contributed by atoms with Gasteiger partial charge in [0.1, 0.15) is 18.2 Å². The monoisotopic (exact) mass is 302 g/mol. The summed E-state index contributed by atoms with van der Waals surface area (Å²) in [6.45, 7) is 6.45. The lowest BCUT2D eigenvalue weighted by Crippen LogP contribution is -2.30. The number of pyridine rings is 1. The van der Waals surface area contributed by atoms with E-state index >= 15 is 0 Å². The van der Waals surface area contributed by atoms with Gasteiger partial charge in [0.15, 0.2) is 6.20 Å². The van der Waals surface area contributed by atoms with Gasteiger partial charge in [-0.3, -0.25) is 0 Å². The first-order chi connectivity index (χ1) is 11.1. The van der Waals surface area contributed by atoms with Crippen molar-refractivity contribution in [1.29, 1.82) is 0 Å². The first-order valence-corrected chi connectivity index (χ1v) is 7.94. The van der Waals surface area contributed by atoms with Gasteiger partial charge in [-0.2, -0.15) is 0 Å². The summed E-state index contributed by atoms with van der Waals surface area (Å²) in [7, 11) is 2.08. The maximum Gasteiger partial charge on any atom is 0.216 e. The summed E-state index contributed by atoms with van der Waals surface area (Å²) in [5, 5.41) is 2.44. The van der Waals surface area contributed by atoms with E-state index in [9.17, 15) is 0 Å². The summed E-state index contributed by atoms with van der Waals surface area (Å²) in [6, 6.07) is 14.9. The first kappa shape index (κ1) is 14.0. The fourth-order valence-corrected chi connectivity index (χ4v) is 3.53. The van der Waals surface area contributed by atoms with Crippen LogP contribution in [0.4, 0.5) is 0 Å². The van der Waals surface area contributed by atoms with Crippen LogP contribution in [-0.2, 0) is 7.05 Å². The van der Waals surface area contributed by atoms with Crippen LogP contribution in [-0.4, -0.2) is 0 Å². The quantitative estimate of drug-likeness (QED) is 0.452. The van der Waals surface area contributed by atoms with Crippen LogP contribution >= 0.6 is 0 Å². The molecule has 4 rings (SSSR count). The highest BCUT2D eigenvalue weighted by molar-refractivity contribution is 6.11. The summed E-state index contributed by atoms with van der Waals surface area (Å²) in [5.74, 6) is 0. The van der Waals surface area contributed by atoms with E-state index in [1.165, 1.54) is 38.7 Å². The molecule has 0 bridgehead atoms. The zero-order valence-electron chi connectivity index (χ0n) is 14.0. The third-order valence-electron chi connectivity index (χ3n) is 4.60. The molecule has 23 heavy (non-hydrogen) atoms. The van der Waals surface area contributed by atoms with Gasteiger partial charge in [0.05, 0.1) is 5.56 Å². The summed E-state index contributed by atoms with van der Waals surface area (Å²) in [6.07, 6.45) is 2.08. The largest absolute Gasteiger partial charge is 0.455 e. The molecule has 4 aromatic rings. The number of hydrogen-bond acceptors (Lipinski definition) is 1. The van der Waals surface area contributed by atoms with E-state index in [0.717, 1.165) is 11.2 Å². The number of benzene rings is 2. The van der Waals surface area contributed by atoms with Crippen LogP contribution in [0.25, 0.3) is 33.2 Å². The standard InChI is InChI=1S/C21H20NO/c1-13-8-9-18-16(11-13)19-14(2)12-15(3)20(21(19)23-18)17-7-5-6-10-22(17)4/h5-12H,1-4H3/q+1. The van der Waals surface area contributed by atoms with Crippen LogP contribution in [0.3, 0.4) is 0 Å². The number of aromatic nitrogens is 1. The Labute approximate surface area is 136 Å².